The smallest absolute Gasteiger partial charge is 0.280 e. The Morgan fingerprint density at radius 1 is 1.47 bits per heavy atom. The first kappa shape index (κ1) is 11.2. The molecule has 0 spiro atoms. The van der Waals surface area contributed by atoms with Crippen molar-refractivity contribution < 1.29 is 4.92 Å². The quantitative estimate of drug-likeness (QED) is 0.614. The number of benzene rings is 1. The molecule has 1 atom stereocenters. The molecule has 0 aliphatic rings. The monoisotopic (exact) mass is 233 g/mol. The number of nitrogens with zero attached hydrogens (tertiary/aromatic N) is 3. The summed E-state index contributed by atoms with van der Waals surface area (Å²) in [6.45, 7) is 1.75. The third-order valence-electron chi connectivity index (χ3n) is 2.28. The van der Waals surface area contributed by atoms with E-state index in [1.54, 1.807) is 25.1 Å². The molecule has 0 saturated heterocycles. The molecule has 7 nitrogen and oxygen atoms in total. The van der Waals surface area contributed by atoms with Crippen LogP contribution in [0.2, 0.25) is 0 Å². The minimum absolute atomic E-state index is 0.0253. The summed E-state index contributed by atoms with van der Waals surface area (Å²) < 4.78 is 0. The third kappa shape index (κ3) is 2.13. The van der Waals surface area contributed by atoms with E-state index in [2.05, 4.69) is 15.2 Å². The predicted octanol–water partition coefficient (Wildman–Crippen LogP) is 1.40. The van der Waals surface area contributed by atoms with Crippen LogP contribution < -0.4 is 5.73 Å². The molecule has 2 rings (SSSR count). The average Bonchev–Trinajstić information content (AvgIpc) is 2.78. The zero-order valence-electron chi connectivity index (χ0n) is 9.12. The summed E-state index contributed by atoms with van der Waals surface area (Å²) in [4.78, 5) is 14.5. The number of para-hydroxylation sites is 1. The minimum Gasteiger partial charge on any atom is -0.322 e. The standard InChI is InChI=1S/C10H11N5O2/c1-6(11)9-12-10(14-13-9)7-4-2-3-5-8(7)15(16)17/h2-6H,11H2,1H3,(H,12,13,14)/t6-/m1/s1. The fourth-order valence-electron chi connectivity index (χ4n) is 1.42. The second kappa shape index (κ2) is 4.30. The van der Waals surface area contributed by atoms with Crippen molar-refractivity contribution in [2.75, 3.05) is 0 Å². The lowest BCUT2D eigenvalue weighted by Crippen LogP contribution is -2.06. The first-order valence-electron chi connectivity index (χ1n) is 5.01. The Morgan fingerprint density at radius 2 is 2.18 bits per heavy atom. The van der Waals surface area contributed by atoms with E-state index in [1.807, 2.05) is 0 Å². The van der Waals surface area contributed by atoms with E-state index in [-0.39, 0.29) is 17.6 Å². The van der Waals surface area contributed by atoms with Crippen molar-refractivity contribution in [1.82, 2.24) is 15.2 Å². The van der Waals surface area contributed by atoms with Crippen molar-refractivity contribution in [3.63, 3.8) is 0 Å². The molecule has 0 saturated carbocycles. The Hall–Kier alpha value is -2.28. The second-order valence-electron chi connectivity index (χ2n) is 3.61. The molecule has 0 unspecified atom stereocenters. The average molecular weight is 233 g/mol. The highest BCUT2D eigenvalue weighted by molar-refractivity contribution is 5.67. The molecule has 1 heterocycles. The van der Waals surface area contributed by atoms with Crippen molar-refractivity contribution in [2.24, 2.45) is 5.73 Å². The van der Waals surface area contributed by atoms with Crippen LogP contribution in [0.3, 0.4) is 0 Å². The maximum atomic E-state index is 10.9. The lowest BCUT2D eigenvalue weighted by Gasteiger charge is -1.98. The van der Waals surface area contributed by atoms with E-state index in [0.717, 1.165) is 0 Å². The molecule has 0 bridgehead atoms. The van der Waals surface area contributed by atoms with E-state index < -0.39 is 4.92 Å². The summed E-state index contributed by atoms with van der Waals surface area (Å²) in [6.07, 6.45) is 0. The lowest BCUT2D eigenvalue weighted by molar-refractivity contribution is -0.384. The molecule has 0 aliphatic carbocycles. The van der Waals surface area contributed by atoms with Crippen LogP contribution in [0.15, 0.2) is 24.3 Å². The summed E-state index contributed by atoms with van der Waals surface area (Å²) in [7, 11) is 0. The van der Waals surface area contributed by atoms with Crippen LogP contribution >= 0.6 is 0 Å². The summed E-state index contributed by atoms with van der Waals surface area (Å²) in [5.41, 5.74) is 5.99. The summed E-state index contributed by atoms with van der Waals surface area (Å²) in [6, 6.07) is 6.02. The van der Waals surface area contributed by atoms with Gasteiger partial charge in [0.1, 0.15) is 5.82 Å². The van der Waals surface area contributed by atoms with Gasteiger partial charge in [-0.05, 0) is 13.0 Å². The van der Waals surface area contributed by atoms with Gasteiger partial charge in [0.15, 0.2) is 5.82 Å². The Kier molecular flexibility index (Phi) is 2.84. The van der Waals surface area contributed by atoms with Crippen LogP contribution in [0.4, 0.5) is 5.69 Å². The van der Waals surface area contributed by atoms with Gasteiger partial charge in [-0.2, -0.15) is 5.10 Å². The van der Waals surface area contributed by atoms with Gasteiger partial charge >= 0.3 is 0 Å². The van der Waals surface area contributed by atoms with Gasteiger partial charge in [-0.15, -0.1) is 0 Å². The van der Waals surface area contributed by atoms with Gasteiger partial charge in [-0.1, -0.05) is 12.1 Å². The molecule has 1 aromatic heterocycles. The highest BCUT2D eigenvalue weighted by Crippen LogP contribution is 2.26. The molecule has 17 heavy (non-hydrogen) atoms. The number of rotatable bonds is 3. The summed E-state index contributed by atoms with van der Waals surface area (Å²) in [5.74, 6) is 0.780. The Bertz CT molecular complexity index is 549. The van der Waals surface area contributed by atoms with Crippen molar-refractivity contribution in [3.05, 3.63) is 40.2 Å². The Morgan fingerprint density at radius 3 is 2.76 bits per heavy atom. The molecule has 0 aliphatic heterocycles. The molecule has 3 N–H and O–H groups in total. The minimum atomic E-state index is -0.461. The van der Waals surface area contributed by atoms with E-state index in [4.69, 9.17) is 5.73 Å². The number of hydrogen-bond acceptors (Lipinski definition) is 5. The van der Waals surface area contributed by atoms with Crippen molar-refractivity contribution in [2.45, 2.75) is 13.0 Å². The van der Waals surface area contributed by atoms with Crippen LogP contribution in [0.1, 0.15) is 18.8 Å². The van der Waals surface area contributed by atoms with Gasteiger partial charge in [-0.3, -0.25) is 15.2 Å². The van der Waals surface area contributed by atoms with Gasteiger partial charge in [0.2, 0.25) is 0 Å². The molecule has 88 valence electrons. The fourth-order valence-corrected chi connectivity index (χ4v) is 1.42. The number of nitrogens with one attached hydrogen (secondary N) is 1. The Balaban J connectivity index is 2.49. The first-order valence-corrected chi connectivity index (χ1v) is 5.01. The number of nitro benzene ring substituents is 1. The number of aromatic nitrogens is 3. The van der Waals surface area contributed by atoms with Crippen molar-refractivity contribution in [3.8, 4) is 11.4 Å². The lowest BCUT2D eigenvalue weighted by atomic mass is 10.2. The number of nitrogens with two attached hydrogens (primary N) is 1. The van der Waals surface area contributed by atoms with Crippen molar-refractivity contribution in [1.29, 1.82) is 0 Å². The molecular weight excluding hydrogens is 222 g/mol. The highest BCUT2D eigenvalue weighted by atomic mass is 16.6. The highest BCUT2D eigenvalue weighted by Gasteiger charge is 2.18. The fraction of sp³-hybridized carbons (Fsp3) is 0.200. The number of H-pyrrole nitrogens is 1. The molecule has 1 aromatic carbocycles. The van der Waals surface area contributed by atoms with E-state index >= 15 is 0 Å². The summed E-state index contributed by atoms with van der Waals surface area (Å²) in [5, 5.41) is 17.4. The van der Waals surface area contributed by atoms with Crippen LogP contribution in [-0.4, -0.2) is 20.1 Å². The third-order valence-corrected chi connectivity index (χ3v) is 2.28. The van der Waals surface area contributed by atoms with Gasteiger partial charge in [0.05, 0.1) is 16.5 Å². The van der Waals surface area contributed by atoms with Crippen LogP contribution in [-0.2, 0) is 0 Å². The molecule has 0 amide bonds. The molecule has 0 radical (unpaired) electrons. The zero-order chi connectivity index (χ0) is 12.4. The molecular formula is C10H11N5O2. The summed E-state index contributed by atoms with van der Waals surface area (Å²) >= 11 is 0. The van der Waals surface area contributed by atoms with Gasteiger partial charge in [0.25, 0.3) is 5.69 Å². The molecule has 7 heteroatoms. The predicted molar refractivity (Wildman–Crippen MR) is 61.1 cm³/mol. The maximum absolute atomic E-state index is 10.9. The van der Waals surface area contributed by atoms with Crippen molar-refractivity contribution >= 4 is 5.69 Å². The normalized spacial score (nSPS) is 12.4. The SMILES string of the molecule is C[C@@H](N)c1nc(-c2ccccc2[N+](=O)[O-])n[nH]1. The molecule has 0 fully saturated rings. The maximum Gasteiger partial charge on any atom is 0.280 e. The number of nitro groups is 1. The van der Waals surface area contributed by atoms with Gasteiger partial charge in [0, 0.05) is 6.07 Å². The second-order valence-corrected chi connectivity index (χ2v) is 3.61. The number of aromatic amines is 1. The number of hydrogen-bond donors (Lipinski definition) is 2. The van der Waals surface area contributed by atoms with Gasteiger partial charge in [-0.25, -0.2) is 4.98 Å². The zero-order valence-corrected chi connectivity index (χ0v) is 9.12. The van der Waals surface area contributed by atoms with E-state index in [0.29, 0.717) is 11.4 Å². The van der Waals surface area contributed by atoms with E-state index in [9.17, 15) is 10.1 Å². The van der Waals surface area contributed by atoms with Gasteiger partial charge < -0.3 is 5.73 Å². The van der Waals surface area contributed by atoms with Crippen LogP contribution in [0, 0.1) is 10.1 Å². The van der Waals surface area contributed by atoms with Crippen LogP contribution in [0.25, 0.3) is 11.4 Å². The Labute approximate surface area is 96.8 Å². The first-order chi connectivity index (χ1) is 8.09. The van der Waals surface area contributed by atoms with Crippen LogP contribution in [0.5, 0.6) is 0 Å². The van der Waals surface area contributed by atoms with E-state index in [1.165, 1.54) is 6.07 Å². The largest absolute Gasteiger partial charge is 0.322 e. The topological polar surface area (TPSA) is 111 Å². The molecule has 2 aromatic rings.